The standard InChI is InChI=1S/C24H22BrN3O2/c25-22-9-5-4-8-21(22)23(29)26-19-10-12-20(13-11-19)27-14-16-28(17-15-27)24(30)18-6-2-1-3-7-18/h1-13H,14-17H2,(H,26,29). The molecular weight excluding hydrogens is 442 g/mol. The summed E-state index contributed by atoms with van der Waals surface area (Å²) in [5.41, 5.74) is 3.16. The van der Waals surface area contributed by atoms with Gasteiger partial charge in [0, 0.05) is 47.6 Å². The lowest BCUT2D eigenvalue weighted by Gasteiger charge is -2.36. The minimum Gasteiger partial charge on any atom is -0.368 e. The number of carbonyl (C=O) groups excluding carboxylic acids is 2. The van der Waals surface area contributed by atoms with E-state index in [0.29, 0.717) is 18.7 Å². The van der Waals surface area contributed by atoms with Gasteiger partial charge in [0.1, 0.15) is 0 Å². The average molecular weight is 464 g/mol. The Labute approximate surface area is 184 Å². The number of amides is 2. The number of piperazine rings is 1. The molecular formula is C24H22BrN3O2. The number of benzene rings is 3. The van der Waals surface area contributed by atoms with Gasteiger partial charge in [0.15, 0.2) is 0 Å². The van der Waals surface area contributed by atoms with Crippen LogP contribution < -0.4 is 10.2 Å². The van der Waals surface area contributed by atoms with E-state index in [9.17, 15) is 9.59 Å². The summed E-state index contributed by atoms with van der Waals surface area (Å²) < 4.78 is 0.766. The van der Waals surface area contributed by atoms with E-state index >= 15 is 0 Å². The number of hydrogen-bond donors (Lipinski definition) is 1. The van der Waals surface area contributed by atoms with Crippen LogP contribution in [-0.4, -0.2) is 42.9 Å². The Morgan fingerprint density at radius 2 is 1.40 bits per heavy atom. The second-order valence-corrected chi connectivity index (χ2v) is 7.98. The first-order valence-corrected chi connectivity index (χ1v) is 10.7. The molecule has 0 bridgehead atoms. The van der Waals surface area contributed by atoms with Crippen LogP contribution >= 0.6 is 15.9 Å². The number of nitrogens with zero attached hydrogens (tertiary/aromatic N) is 2. The van der Waals surface area contributed by atoms with Crippen LogP contribution in [0.2, 0.25) is 0 Å². The van der Waals surface area contributed by atoms with Gasteiger partial charge < -0.3 is 15.1 Å². The van der Waals surface area contributed by atoms with E-state index in [0.717, 1.165) is 34.5 Å². The van der Waals surface area contributed by atoms with Crippen molar-refractivity contribution in [3.8, 4) is 0 Å². The monoisotopic (exact) mass is 463 g/mol. The quantitative estimate of drug-likeness (QED) is 0.611. The molecule has 0 saturated carbocycles. The summed E-state index contributed by atoms with van der Waals surface area (Å²) in [5.74, 6) is -0.0661. The minimum atomic E-state index is -0.150. The fourth-order valence-electron chi connectivity index (χ4n) is 3.53. The van der Waals surface area contributed by atoms with Gasteiger partial charge in [0.25, 0.3) is 11.8 Å². The number of rotatable bonds is 4. The molecule has 1 saturated heterocycles. The maximum atomic E-state index is 12.6. The van der Waals surface area contributed by atoms with Crippen molar-refractivity contribution in [2.75, 3.05) is 36.4 Å². The number of halogens is 1. The van der Waals surface area contributed by atoms with Crippen molar-refractivity contribution in [2.45, 2.75) is 0 Å². The first-order valence-electron chi connectivity index (χ1n) is 9.87. The minimum absolute atomic E-state index is 0.0837. The molecule has 3 aromatic rings. The fourth-order valence-corrected chi connectivity index (χ4v) is 4.00. The van der Waals surface area contributed by atoms with Crippen molar-refractivity contribution in [1.82, 2.24) is 4.90 Å². The maximum Gasteiger partial charge on any atom is 0.256 e. The van der Waals surface area contributed by atoms with Gasteiger partial charge in [0.05, 0.1) is 5.56 Å². The Kier molecular flexibility index (Phi) is 6.14. The molecule has 0 atom stereocenters. The SMILES string of the molecule is O=C(Nc1ccc(N2CCN(C(=O)c3ccccc3)CC2)cc1)c1ccccc1Br. The van der Waals surface area contributed by atoms with Crippen LogP contribution in [0, 0.1) is 0 Å². The zero-order chi connectivity index (χ0) is 20.9. The summed E-state index contributed by atoms with van der Waals surface area (Å²) in [6.07, 6.45) is 0. The summed E-state index contributed by atoms with van der Waals surface area (Å²) in [4.78, 5) is 29.2. The topological polar surface area (TPSA) is 52.7 Å². The van der Waals surface area contributed by atoms with Gasteiger partial charge in [0.2, 0.25) is 0 Å². The van der Waals surface area contributed by atoms with Gasteiger partial charge in [-0.15, -0.1) is 0 Å². The van der Waals surface area contributed by atoms with Gasteiger partial charge in [-0.1, -0.05) is 30.3 Å². The summed E-state index contributed by atoms with van der Waals surface area (Å²) in [6, 6.07) is 24.6. The molecule has 30 heavy (non-hydrogen) atoms. The Balaban J connectivity index is 1.34. The van der Waals surface area contributed by atoms with Crippen LogP contribution in [0.4, 0.5) is 11.4 Å². The molecule has 0 aliphatic carbocycles. The smallest absolute Gasteiger partial charge is 0.256 e. The summed E-state index contributed by atoms with van der Waals surface area (Å²) in [5, 5.41) is 2.93. The molecule has 6 heteroatoms. The third-order valence-electron chi connectivity index (χ3n) is 5.20. The molecule has 1 N–H and O–H groups in total. The van der Waals surface area contributed by atoms with Crippen molar-refractivity contribution in [1.29, 1.82) is 0 Å². The van der Waals surface area contributed by atoms with E-state index in [1.807, 2.05) is 77.7 Å². The van der Waals surface area contributed by atoms with Crippen LogP contribution in [0.25, 0.3) is 0 Å². The molecule has 0 unspecified atom stereocenters. The van der Waals surface area contributed by atoms with Crippen LogP contribution in [0.3, 0.4) is 0 Å². The molecule has 1 heterocycles. The number of carbonyl (C=O) groups is 2. The van der Waals surface area contributed by atoms with Crippen molar-refractivity contribution < 1.29 is 9.59 Å². The lowest BCUT2D eigenvalue weighted by Crippen LogP contribution is -2.48. The normalized spacial score (nSPS) is 13.8. The first-order chi connectivity index (χ1) is 14.6. The lowest BCUT2D eigenvalue weighted by molar-refractivity contribution is 0.0746. The molecule has 152 valence electrons. The molecule has 3 aromatic carbocycles. The van der Waals surface area contributed by atoms with E-state index in [1.165, 1.54) is 0 Å². The van der Waals surface area contributed by atoms with Crippen LogP contribution in [0.5, 0.6) is 0 Å². The highest BCUT2D eigenvalue weighted by Crippen LogP contribution is 2.22. The molecule has 1 aliphatic heterocycles. The lowest BCUT2D eigenvalue weighted by atomic mass is 10.1. The Hall–Kier alpha value is -3.12. The Morgan fingerprint density at radius 3 is 2.07 bits per heavy atom. The third-order valence-corrected chi connectivity index (χ3v) is 5.89. The van der Waals surface area contributed by atoms with Gasteiger partial charge in [-0.3, -0.25) is 9.59 Å². The number of hydrogen-bond acceptors (Lipinski definition) is 3. The summed E-state index contributed by atoms with van der Waals surface area (Å²) in [6.45, 7) is 2.94. The third kappa shape index (κ3) is 4.54. The van der Waals surface area contributed by atoms with E-state index < -0.39 is 0 Å². The fraction of sp³-hybridized carbons (Fsp3) is 0.167. The van der Waals surface area contributed by atoms with Crippen molar-refractivity contribution in [3.05, 3.63) is 94.5 Å². The zero-order valence-electron chi connectivity index (χ0n) is 16.4. The highest BCUT2D eigenvalue weighted by molar-refractivity contribution is 9.10. The van der Waals surface area contributed by atoms with Gasteiger partial charge in [-0.25, -0.2) is 0 Å². The predicted molar refractivity (Wildman–Crippen MR) is 123 cm³/mol. The Morgan fingerprint density at radius 1 is 0.767 bits per heavy atom. The van der Waals surface area contributed by atoms with Crippen LogP contribution in [-0.2, 0) is 0 Å². The Bertz CT molecular complexity index is 1030. The number of nitrogens with one attached hydrogen (secondary N) is 1. The van der Waals surface area contributed by atoms with Crippen molar-refractivity contribution in [3.63, 3.8) is 0 Å². The highest BCUT2D eigenvalue weighted by atomic mass is 79.9. The molecule has 0 spiro atoms. The van der Waals surface area contributed by atoms with E-state index in [4.69, 9.17) is 0 Å². The predicted octanol–water partition coefficient (Wildman–Crippen LogP) is 4.66. The van der Waals surface area contributed by atoms with E-state index in [2.05, 4.69) is 26.1 Å². The van der Waals surface area contributed by atoms with Gasteiger partial charge >= 0.3 is 0 Å². The van der Waals surface area contributed by atoms with Gasteiger partial charge in [-0.2, -0.15) is 0 Å². The molecule has 0 radical (unpaired) electrons. The molecule has 1 aliphatic rings. The molecule has 0 aromatic heterocycles. The van der Waals surface area contributed by atoms with E-state index in [1.54, 1.807) is 6.07 Å². The van der Waals surface area contributed by atoms with Gasteiger partial charge in [-0.05, 0) is 64.5 Å². The van der Waals surface area contributed by atoms with Crippen LogP contribution in [0.1, 0.15) is 20.7 Å². The maximum absolute atomic E-state index is 12.6. The molecule has 1 fully saturated rings. The first kappa shape index (κ1) is 20.2. The molecule has 4 rings (SSSR count). The second-order valence-electron chi connectivity index (χ2n) is 7.13. The zero-order valence-corrected chi connectivity index (χ0v) is 18.0. The van der Waals surface area contributed by atoms with Crippen LogP contribution in [0.15, 0.2) is 83.3 Å². The largest absolute Gasteiger partial charge is 0.368 e. The highest BCUT2D eigenvalue weighted by Gasteiger charge is 2.22. The average Bonchev–Trinajstić information content (AvgIpc) is 2.80. The summed E-state index contributed by atoms with van der Waals surface area (Å²) in [7, 11) is 0. The van der Waals surface area contributed by atoms with E-state index in [-0.39, 0.29) is 11.8 Å². The summed E-state index contributed by atoms with van der Waals surface area (Å²) >= 11 is 3.41. The number of anilines is 2. The molecule has 2 amide bonds. The van der Waals surface area contributed by atoms with Crippen molar-refractivity contribution >= 4 is 39.1 Å². The van der Waals surface area contributed by atoms with Crippen molar-refractivity contribution in [2.24, 2.45) is 0 Å². The molecule has 5 nitrogen and oxygen atoms in total. The second kappa shape index (κ2) is 9.13.